The summed E-state index contributed by atoms with van der Waals surface area (Å²) in [5.74, 6) is 2.96. The molecule has 0 saturated heterocycles. The van der Waals surface area contributed by atoms with E-state index in [0.29, 0.717) is 16.9 Å². The SMILES string of the molecule is CC12CCCC1C1CC=C3CC(O[Si](C)(C)C)CCC3(C)C1CC2. The van der Waals surface area contributed by atoms with Crippen molar-refractivity contribution in [1.82, 2.24) is 0 Å². The van der Waals surface area contributed by atoms with Gasteiger partial charge in [-0.25, -0.2) is 0 Å². The second-order valence-corrected chi connectivity index (χ2v) is 15.4. The zero-order valence-electron chi connectivity index (χ0n) is 16.7. The van der Waals surface area contributed by atoms with Gasteiger partial charge < -0.3 is 4.43 Å². The van der Waals surface area contributed by atoms with E-state index in [9.17, 15) is 0 Å². The smallest absolute Gasteiger partial charge is 0.184 e. The van der Waals surface area contributed by atoms with Gasteiger partial charge in [0.1, 0.15) is 0 Å². The van der Waals surface area contributed by atoms with E-state index in [1.807, 2.05) is 0 Å². The molecule has 3 fully saturated rings. The lowest BCUT2D eigenvalue weighted by atomic mass is 9.48. The number of allylic oxidation sites excluding steroid dienone is 1. The molecule has 0 aromatic rings. The third-order valence-corrected chi connectivity index (χ3v) is 9.40. The van der Waals surface area contributed by atoms with Gasteiger partial charge in [0, 0.05) is 6.10 Å². The Hall–Kier alpha value is -0.0831. The van der Waals surface area contributed by atoms with Gasteiger partial charge in [-0.15, -0.1) is 0 Å². The molecule has 4 aliphatic carbocycles. The average Bonchev–Trinajstić information content (AvgIpc) is 2.88. The zero-order chi connectivity index (χ0) is 17.2. The summed E-state index contributed by atoms with van der Waals surface area (Å²) in [4.78, 5) is 0. The predicted molar refractivity (Wildman–Crippen MR) is 105 cm³/mol. The zero-order valence-corrected chi connectivity index (χ0v) is 17.7. The molecule has 0 radical (unpaired) electrons. The summed E-state index contributed by atoms with van der Waals surface area (Å²) in [5.41, 5.74) is 2.95. The Kier molecular flexibility index (Phi) is 4.12. The molecule has 24 heavy (non-hydrogen) atoms. The van der Waals surface area contributed by atoms with Crippen molar-refractivity contribution in [2.24, 2.45) is 28.6 Å². The fourth-order valence-corrected chi connectivity index (χ4v) is 8.42. The summed E-state index contributed by atoms with van der Waals surface area (Å²) in [6.07, 6.45) is 15.9. The molecular weight excluding hydrogens is 308 g/mol. The number of hydrogen-bond donors (Lipinski definition) is 0. The standard InChI is InChI=1S/C22H38OSi/c1-21-12-6-7-19(21)18-9-8-16-15-17(23-24(3,4)5)10-14-22(16,2)20(18)11-13-21/h8,17-20H,6-7,9-15H2,1-5H3. The lowest BCUT2D eigenvalue weighted by Crippen LogP contribution is -2.50. The molecule has 0 heterocycles. The molecule has 6 unspecified atom stereocenters. The maximum absolute atomic E-state index is 6.49. The Morgan fingerprint density at radius 1 is 1.00 bits per heavy atom. The topological polar surface area (TPSA) is 9.23 Å². The van der Waals surface area contributed by atoms with Gasteiger partial charge in [-0.3, -0.25) is 0 Å². The van der Waals surface area contributed by atoms with Gasteiger partial charge in [0.2, 0.25) is 0 Å². The molecule has 6 atom stereocenters. The summed E-state index contributed by atoms with van der Waals surface area (Å²) in [5, 5.41) is 0. The van der Waals surface area contributed by atoms with Gasteiger partial charge in [0.05, 0.1) is 0 Å². The molecule has 0 N–H and O–H groups in total. The lowest BCUT2D eigenvalue weighted by Gasteiger charge is -2.57. The minimum atomic E-state index is -1.41. The molecule has 0 aliphatic heterocycles. The van der Waals surface area contributed by atoms with Crippen molar-refractivity contribution < 1.29 is 4.43 Å². The van der Waals surface area contributed by atoms with Crippen molar-refractivity contribution in [2.45, 2.75) is 97.4 Å². The third kappa shape index (κ3) is 2.76. The maximum Gasteiger partial charge on any atom is 0.184 e. The number of rotatable bonds is 2. The Morgan fingerprint density at radius 3 is 2.54 bits per heavy atom. The van der Waals surface area contributed by atoms with Gasteiger partial charge in [-0.1, -0.05) is 31.9 Å². The van der Waals surface area contributed by atoms with Crippen LogP contribution in [0.2, 0.25) is 19.6 Å². The van der Waals surface area contributed by atoms with Crippen LogP contribution in [0.3, 0.4) is 0 Å². The van der Waals surface area contributed by atoms with E-state index in [1.165, 1.54) is 57.8 Å². The lowest BCUT2D eigenvalue weighted by molar-refractivity contribution is -0.0344. The van der Waals surface area contributed by atoms with Crippen LogP contribution < -0.4 is 0 Å². The van der Waals surface area contributed by atoms with Gasteiger partial charge in [0.25, 0.3) is 0 Å². The van der Waals surface area contributed by atoms with E-state index in [4.69, 9.17) is 4.43 Å². The van der Waals surface area contributed by atoms with Crippen LogP contribution in [-0.2, 0) is 4.43 Å². The normalized spacial score (nSPS) is 48.3. The fraction of sp³-hybridized carbons (Fsp3) is 0.909. The fourth-order valence-electron chi connectivity index (χ4n) is 7.22. The predicted octanol–water partition coefficient (Wildman–Crippen LogP) is 6.56. The van der Waals surface area contributed by atoms with Crippen LogP contribution in [0.25, 0.3) is 0 Å². The van der Waals surface area contributed by atoms with Crippen LogP contribution in [-0.4, -0.2) is 14.4 Å². The maximum atomic E-state index is 6.49. The molecule has 4 rings (SSSR count). The molecule has 0 amide bonds. The first-order valence-corrected chi connectivity index (χ1v) is 14.0. The van der Waals surface area contributed by atoms with Crippen LogP contribution in [0, 0.1) is 28.6 Å². The van der Waals surface area contributed by atoms with Crippen LogP contribution in [0.1, 0.15) is 71.6 Å². The van der Waals surface area contributed by atoms with Crippen molar-refractivity contribution in [3.63, 3.8) is 0 Å². The van der Waals surface area contributed by atoms with Gasteiger partial charge in [-0.05, 0) is 99.6 Å². The van der Waals surface area contributed by atoms with Crippen molar-refractivity contribution in [1.29, 1.82) is 0 Å². The van der Waals surface area contributed by atoms with Gasteiger partial charge >= 0.3 is 0 Å². The Bertz CT molecular complexity index is 533. The second-order valence-electron chi connectivity index (χ2n) is 10.9. The highest BCUT2D eigenvalue weighted by molar-refractivity contribution is 6.69. The van der Waals surface area contributed by atoms with Crippen molar-refractivity contribution in [3.8, 4) is 0 Å². The molecule has 0 bridgehead atoms. The highest BCUT2D eigenvalue weighted by Crippen LogP contribution is 2.64. The van der Waals surface area contributed by atoms with Gasteiger partial charge in [0.15, 0.2) is 8.32 Å². The minimum absolute atomic E-state index is 0.492. The average molecular weight is 347 g/mol. The van der Waals surface area contributed by atoms with Crippen LogP contribution in [0.4, 0.5) is 0 Å². The third-order valence-electron chi connectivity index (χ3n) is 8.36. The van der Waals surface area contributed by atoms with E-state index in [2.05, 4.69) is 39.6 Å². The Labute approximate surface area is 150 Å². The first-order valence-electron chi connectivity index (χ1n) is 10.6. The molecule has 1 nitrogen and oxygen atoms in total. The number of fused-ring (bicyclic) bond motifs is 5. The first-order chi connectivity index (χ1) is 11.2. The van der Waals surface area contributed by atoms with Crippen molar-refractivity contribution in [3.05, 3.63) is 11.6 Å². The van der Waals surface area contributed by atoms with Crippen molar-refractivity contribution in [2.75, 3.05) is 0 Å². The van der Waals surface area contributed by atoms with E-state index < -0.39 is 8.32 Å². The minimum Gasteiger partial charge on any atom is -0.414 e. The highest BCUT2D eigenvalue weighted by atomic mass is 28.4. The molecule has 136 valence electrons. The molecule has 0 aromatic carbocycles. The Morgan fingerprint density at radius 2 is 1.79 bits per heavy atom. The monoisotopic (exact) mass is 346 g/mol. The molecule has 0 aromatic heterocycles. The summed E-state index contributed by atoms with van der Waals surface area (Å²) in [6, 6.07) is 0. The summed E-state index contributed by atoms with van der Waals surface area (Å²) in [7, 11) is -1.41. The molecular formula is C22H38OSi. The molecule has 2 heteroatoms. The van der Waals surface area contributed by atoms with Gasteiger partial charge in [-0.2, -0.15) is 0 Å². The van der Waals surface area contributed by atoms with Crippen LogP contribution in [0.5, 0.6) is 0 Å². The quantitative estimate of drug-likeness (QED) is 0.406. The second kappa shape index (κ2) is 5.71. The van der Waals surface area contributed by atoms with Crippen molar-refractivity contribution >= 4 is 8.32 Å². The van der Waals surface area contributed by atoms with E-state index >= 15 is 0 Å². The molecule has 0 spiro atoms. The molecule has 3 saturated carbocycles. The summed E-state index contributed by atoms with van der Waals surface area (Å²) in [6.45, 7) is 12.3. The number of hydrogen-bond acceptors (Lipinski definition) is 1. The molecule has 4 aliphatic rings. The summed E-state index contributed by atoms with van der Waals surface area (Å²) >= 11 is 0. The Balaban J connectivity index is 1.56. The largest absolute Gasteiger partial charge is 0.414 e. The van der Waals surface area contributed by atoms with E-state index in [1.54, 1.807) is 5.57 Å². The van der Waals surface area contributed by atoms with Crippen LogP contribution >= 0.6 is 0 Å². The van der Waals surface area contributed by atoms with E-state index in [-0.39, 0.29) is 0 Å². The summed E-state index contributed by atoms with van der Waals surface area (Å²) < 4.78 is 6.49. The van der Waals surface area contributed by atoms with E-state index in [0.717, 1.165) is 17.8 Å². The van der Waals surface area contributed by atoms with Crippen LogP contribution in [0.15, 0.2) is 11.6 Å². The first kappa shape index (κ1) is 17.3. The highest BCUT2D eigenvalue weighted by Gasteiger charge is 2.55.